The van der Waals surface area contributed by atoms with Crippen LogP contribution in [0.5, 0.6) is 0 Å². The van der Waals surface area contributed by atoms with Gasteiger partial charge in [-0.3, -0.25) is 9.69 Å². The highest BCUT2D eigenvalue weighted by atomic mass is 19.1. The number of halogens is 1. The zero-order valence-corrected chi connectivity index (χ0v) is 19.5. The van der Waals surface area contributed by atoms with E-state index in [0.717, 1.165) is 71.3 Å². The monoisotopic (exact) mass is 447 g/mol. The molecule has 1 heterocycles. The number of hydrogen-bond donors (Lipinski definition) is 1. The molecule has 1 saturated heterocycles. The summed E-state index contributed by atoms with van der Waals surface area (Å²) in [5, 5.41) is 3.11. The van der Waals surface area contributed by atoms with Crippen LogP contribution in [0.4, 0.5) is 9.18 Å². The summed E-state index contributed by atoms with van der Waals surface area (Å²) in [4.78, 5) is 28.9. The number of ether oxygens (including phenoxy) is 1. The summed E-state index contributed by atoms with van der Waals surface area (Å²) < 4.78 is 18.7. The van der Waals surface area contributed by atoms with Crippen LogP contribution in [-0.4, -0.2) is 74.1 Å². The first kappa shape index (κ1) is 24.6. The maximum absolute atomic E-state index is 13.0. The molecule has 0 spiro atoms. The number of likely N-dealkylation sites (tertiary alicyclic amines) is 1. The van der Waals surface area contributed by atoms with Gasteiger partial charge < -0.3 is 15.0 Å². The lowest BCUT2D eigenvalue weighted by molar-refractivity contribution is 0.0259. The predicted octanol–water partition coefficient (Wildman–Crippen LogP) is 3.96. The van der Waals surface area contributed by atoms with Crippen molar-refractivity contribution < 1.29 is 18.7 Å². The average molecular weight is 448 g/mol. The van der Waals surface area contributed by atoms with Crippen molar-refractivity contribution in [2.24, 2.45) is 11.8 Å². The van der Waals surface area contributed by atoms with Gasteiger partial charge in [0.2, 0.25) is 0 Å². The molecule has 1 aliphatic heterocycles. The van der Waals surface area contributed by atoms with Gasteiger partial charge in [0.05, 0.1) is 12.6 Å². The number of ketones is 1. The van der Waals surface area contributed by atoms with Crippen molar-refractivity contribution in [2.45, 2.75) is 51.6 Å². The van der Waals surface area contributed by atoms with Crippen LogP contribution < -0.4 is 5.32 Å². The second-order valence-electron chi connectivity index (χ2n) is 9.31. The number of nitrogens with one attached hydrogen (secondary N) is 1. The molecule has 1 saturated carbocycles. The van der Waals surface area contributed by atoms with E-state index in [1.54, 1.807) is 17.0 Å². The molecule has 2 fully saturated rings. The van der Waals surface area contributed by atoms with Crippen LogP contribution in [0.1, 0.15) is 55.8 Å². The Kier molecular flexibility index (Phi) is 9.48. The molecule has 3 rings (SSSR count). The summed E-state index contributed by atoms with van der Waals surface area (Å²) >= 11 is 0. The molecule has 1 aromatic carbocycles. The Hall–Kier alpha value is -1.99. The van der Waals surface area contributed by atoms with E-state index in [2.05, 4.69) is 10.2 Å². The number of piperidine rings is 1. The van der Waals surface area contributed by atoms with Gasteiger partial charge in [0.25, 0.3) is 0 Å². The molecule has 7 heteroatoms. The first-order valence-electron chi connectivity index (χ1n) is 12.1. The molecule has 0 unspecified atom stereocenters. The highest BCUT2D eigenvalue weighted by Gasteiger charge is 2.25. The van der Waals surface area contributed by atoms with E-state index in [4.69, 9.17) is 4.74 Å². The highest BCUT2D eigenvalue weighted by molar-refractivity contribution is 5.97. The second-order valence-corrected chi connectivity index (χ2v) is 9.31. The average Bonchev–Trinajstić information content (AvgIpc) is 2.80. The van der Waals surface area contributed by atoms with Crippen LogP contribution in [0.25, 0.3) is 0 Å². The fourth-order valence-corrected chi connectivity index (χ4v) is 4.83. The summed E-state index contributed by atoms with van der Waals surface area (Å²) in [5.74, 6) is 0.690. The molecular formula is C25H38FN3O3. The molecule has 1 N–H and O–H groups in total. The lowest BCUT2D eigenvalue weighted by Gasteiger charge is -2.34. The van der Waals surface area contributed by atoms with Crippen molar-refractivity contribution in [1.29, 1.82) is 0 Å². The van der Waals surface area contributed by atoms with E-state index < -0.39 is 0 Å². The number of nitrogens with zero attached hydrogens (tertiary/aromatic N) is 2. The molecule has 0 radical (unpaired) electrons. The van der Waals surface area contributed by atoms with Gasteiger partial charge in [0.1, 0.15) is 5.82 Å². The maximum Gasteiger partial charge on any atom is 0.317 e. The number of Topliss-reactive ketones (excluding diaryl/α,β-unsaturated/α-hetero) is 1. The topological polar surface area (TPSA) is 61.9 Å². The third-order valence-electron chi connectivity index (χ3n) is 6.86. The Morgan fingerprint density at radius 2 is 1.72 bits per heavy atom. The molecule has 0 bridgehead atoms. The van der Waals surface area contributed by atoms with Crippen LogP contribution in [0, 0.1) is 17.7 Å². The molecule has 1 aliphatic carbocycles. The van der Waals surface area contributed by atoms with E-state index in [1.807, 2.05) is 14.0 Å². The number of hydrogen-bond acceptors (Lipinski definition) is 4. The van der Waals surface area contributed by atoms with E-state index in [0.29, 0.717) is 30.0 Å². The minimum Gasteiger partial charge on any atom is -0.379 e. The molecule has 2 aliphatic rings. The maximum atomic E-state index is 13.0. The summed E-state index contributed by atoms with van der Waals surface area (Å²) in [6, 6.07) is 5.75. The van der Waals surface area contributed by atoms with Gasteiger partial charge in [0.15, 0.2) is 5.78 Å². The number of urea groups is 1. The van der Waals surface area contributed by atoms with Crippen LogP contribution in [0.3, 0.4) is 0 Å². The SMILES string of the molecule is CCOC1CCC(CNC(=O)N(C)CC2CCN(CC(=O)c3ccc(F)cc3)CC2)CC1. The Labute approximate surface area is 191 Å². The molecule has 0 aromatic heterocycles. The molecule has 1 aromatic rings. The van der Waals surface area contributed by atoms with Crippen molar-refractivity contribution in [3.63, 3.8) is 0 Å². The number of carbonyl (C=O) groups is 2. The zero-order valence-electron chi connectivity index (χ0n) is 19.5. The Balaban J connectivity index is 1.31. The Morgan fingerprint density at radius 3 is 2.34 bits per heavy atom. The normalized spacial score (nSPS) is 22.5. The summed E-state index contributed by atoms with van der Waals surface area (Å²) in [6.45, 7) is 6.35. The van der Waals surface area contributed by atoms with Gasteiger partial charge in [-0.2, -0.15) is 0 Å². The standard InChI is InChI=1S/C25H38FN3O3/c1-3-32-23-10-4-19(5-11-23)16-27-25(31)28(2)17-20-12-14-29(15-13-20)18-24(30)21-6-8-22(26)9-7-21/h6-9,19-20,23H,3-5,10-18H2,1-2H3,(H,27,31). The Morgan fingerprint density at radius 1 is 1.06 bits per heavy atom. The summed E-state index contributed by atoms with van der Waals surface area (Å²) in [5.41, 5.74) is 0.552. The van der Waals surface area contributed by atoms with Gasteiger partial charge >= 0.3 is 6.03 Å². The molecule has 32 heavy (non-hydrogen) atoms. The van der Waals surface area contributed by atoms with Gasteiger partial charge in [-0.05, 0) is 94.6 Å². The number of benzene rings is 1. The summed E-state index contributed by atoms with van der Waals surface area (Å²) in [6.07, 6.45) is 6.74. The fraction of sp³-hybridized carbons (Fsp3) is 0.680. The van der Waals surface area contributed by atoms with Crippen molar-refractivity contribution in [2.75, 3.05) is 46.4 Å². The van der Waals surface area contributed by atoms with Crippen LogP contribution in [0.2, 0.25) is 0 Å². The van der Waals surface area contributed by atoms with Crippen molar-refractivity contribution in [1.82, 2.24) is 15.1 Å². The molecule has 178 valence electrons. The summed E-state index contributed by atoms with van der Waals surface area (Å²) in [7, 11) is 1.87. The van der Waals surface area contributed by atoms with Crippen molar-refractivity contribution >= 4 is 11.8 Å². The van der Waals surface area contributed by atoms with Crippen LogP contribution >= 0.6 is 0 Å². The molecule has 6 nitrogen and oxygen atoms in total. The molecule has 2 amide bonds. The zero-order chi connectivity index (χ0) is 22.9. The second kappa shape index (κ2) is 12.3. The molecular weight excluding hydrogens is 409 g/mol. The van der Waals surface area contributed by atoms with E-state index in [9.17, 15) is 14.0 Å². The largest absolute Gasteiger partial charge is 0.379 e. The minimum absolute atomic E-state index is 0.00542. The van der Waals surface area contributed by atoms with Crippen molar-refractivity contribution in [3.8, 4) is 0 Å². The Bertz CT molecular complexity index is 726. The third-order valence-corrected chi connectivity index (χ3v) is 6.86. The number of carbonyl (C=O) groups excluding carboxylic acids is 2. The first-order chi connectivity index (χ1) is 15.4. The van der Waals surface area contributed by atoms with Gasteiger partial charge in [-0.1, -0.05) is 0 Å². The van der Waals surface area contributed by atoms with Gasteiger partial charge in [0, 0.05) is 32.3 Å². The third kappa shape index (κ3) is 7.55. The lowest BCUT2D eigenvalue weighted by atomic mass is 9.87. The number of amides is 2. The predicted molar refractivity (Wildman–Crippen MR) is 123 cm³/mol. The first-order valence-corrected chi connectivity index (χ1v) is 12.1. The van der Waals surface area contributed by atoms with E-state index >= 15 is 0 Å². The smallest absolute Gasteiger partial charge is 0.317 e. The minimum atomic E-state index is -0.329. The highest BCUT2D eigenvalue weighted by Crippen LogP contribution is 2.25. The lowest BCUT2D eigenvalue weighted by Crippen LogP contribution is -2.45. The van der Waals surface area contributed by atoms with Gasteiger partial charge in [-0.25, -0.2) is 9.18 Å². The fourth-order valence-electron chi connectivity index (χ4n) is 4.83. The van der Waals surface area contributed by atoms with Crippen molar-refractivity contribution in [3.05, 3.63) is 35.6 Å². The van der Waals surface area contributed by atoms with Gasteiger partial charge in [-0.15, -0.1) is 0 Å². The van der Waals surface area contributed by atoms with Crippen LogP contribution in [-0.2, 0) is 4.74 Å². The quantitative estimate of drug-likeness (QED) is 0.582. The van der Waals surface area contributed by atoms with Crippen LogP contribution in [0.15, 0.2) is 24.3 Å². The van der Waals surface area contributed by atoms with E-state index in [1.165, 1.54) is 12.1 Å². The number of rotatable bonds is 9. The molecule has 0 atom stereocenters. The van der Waals surface area contributed by atoms with E-state index in [-0.39, 0.29) is 17.6 Å².